The van der Waals surface area contributed by atoms with Crippen LogP contribution in [0.5, 0.6) is 5.75 Å². The van der Waals surface area contributed by atoms with Crippen molar-refractivity contribution >= 4 is 10.0 Å². The Morgan fingerprint density at radius 1 is 1.08 bits per heavy atom. The van der Waals surface area contributed by atoms with Gasteiger partial charge in [0.05, 0.1) is 11.5 Å². The first-order valence-corrected chi connectivity index (χ1v) is 9.51. The lowest BCUT2D eigenvalue weighted by molar-refractivity contribution is 0.337. The van der Waals surface area contributed by atoms with E-state index in [1.165, 1.54) is 0 Å². The topological polar surface area (TPSA) is 60.3 Å². The van der Waals surface area contributed by atoms with Crippen LogP contribution in [0.15, 0.2) is 23.1 Å². The number of nitrogens with one attached hydrogen (secondary N) is 1. The van der Waals surface area contributed by atoms with E-state index in [-0.39, 0.29) is 6.54 Å². The van der Waals surface area contributed by atoms with Gasteiger partial charge in [0.15, 0.2) is 0 Å². The van der Waals surface area contributed by atoms with Gasteiger partial charge in [-0.15, -0.1) is 0 Å². The van der Waals surface area contributed by atoms with Crippen LogP contribution >= 0.6 is 0 Å². The number of hydrogen-bond acceptors (Lipinski definition) is 3. The molecule has 0 radical (unpaired) electrons. The summed E-state index contributed by atoms with van der Waals surface area (Å²) in [6.45, 7) is 10.4. The van der Waals surface area contributed by atoms with Crippen LogP contribution in [-0.2, 0) is 23.6 Å². The molecule has 0 amide bonds. The number of aromatic nitrogens is 1. The summed E-state index contributed by atoms with van der Waals surface area (Å²) < 4.78 is 35.7. The molecule has 6 heteroatoms. The fraction of sp³-hybridized carbons (Fsp3) is 0.444. The minimum absolute atomic E-state index is 0.279. The van der Waals surface area contributed by atoms with Crippen molar-refractivity contribution < 1.29 is 13.2 Å². The first-order chi connectivity index (χ1) is 11.2. The summed E-state index contributed by atoms with van der Waals surface area (Å²) >= 11 is 0. The Morgan fingerprint density at radius 3 is 2.29 bits per heavy atom. The molecule has 0 atom stereocenters. The summed E-state index contributed by atoms with van der Waals surface area (Å²) in [5.41, 5.74) is 4.65. The van der Waals surface area contributed by atoms with Gasteiger partial charge in [-0.3, -0.25) is 0 Å². The number of ether oxygens (including phenoxy) is 1. The van der Waals surface area contributed by atoms with Crippen molar-refractivity contribution in [2.24, 2.45) is 7.05 Å². The summed E-state index contributed by atoms with van der Waals surface area (Å²) in [6.07, 6.45) is 0. The Balaban J connectivity index is 2.27. The van der Waals surface area contributed by atoms with Crippen molar-refractivity contribution in [2.75, 3.05) is 6.61 Å². The Morgan fingerprint density at radius 2 is 1.75 bits per heavy atom. The van der Waals surface area contributed by atoms with Gasteiger partial charge < -0.3 is 9.30 Å². The van der Waals surface area contributed by atoms with E-state index in [9.17, 15) is 8.42 Å². The van der Waals surface area contributed by atoms with Gasteiger partial charge in [0.1, 0.15) is 5.75 Å². The Labute approximate surface area is 144 Å². The zero-order chi connectivity index (χ0) is 18.1. The zero-order valence-electron chi connectivity index (χ0n) is 15.2. The van der Waals surface area contributed by atoms with Gasteiger partial charge in [-0.25, -0.2) is 13.1 Å². The molecule has 2 rings (SSSR count). The minimum Gasteiger partial charge on any atom is -0.494 e. The lowest BCUT2D eigenvalue weighted by Gasteiger charge is -2.13. The second-order valence-corrected chi connectivity index (χ2v) is 7.83. The first kappa shape index (κ1) is 18.5. The quantitative estimate of drug-likeness (QED) is 0.871. The predicted molar refractivity (Wildman–Crippen MR) is 96.0 cm³/mol. The van der Waals surface area contributed by atoms with E-state index in [4.69, 9.17) is 4.74 Å². The third-order valence-corrected chi connectivity index (χ3v) is 5.94. The maximum Gasteiger partial charge on any atom is 0.241 e. The molecule has 2 aromatic rings. The van der Waals surface area contributed by atoms with Crippen molar-refractivity contribution in [3.8, 4) is 5.75 Å². The Kier molecular flexibility index (Phi) is 5.40. The van der Waals surface area contributed by atoms with Crippen LogP contribution in [-0.4, -0.2) is 19.6 Å². The molecule has 5 nitrogen and oxygen atoms in total. The van der Waals surface area contributed by atoms with Crippen LogP contribution in [0.4, 0.5) is 0 Å². The molecular formula is C18H26N2O3S. The van der Waals surface area contributed by atoms with Crippen molar-refractivity contribution in [2.45, 2.75) is 46.1 Å². The standard InChI is InChI=1S/C18H26N2O3S/c1-7-23-17-8-13(3)18(9-12(17)2)24(21,22)19-11-16-10-14(4)20(6)15(16)5/h8-10,19H,7,11H2,1-6H3. The zero-order valence-corrected chi connectivity index (χ0v) is 16.0. The van der Waals surface area contributed by atoms with E-state index in [1.54, 1.807) is 19.1 Å². The average molecular weight is 350 g/mol. The van der Waals surface area contributed by atoms with Crippen molar-refractivity contribution in [1.82, 2.24) is 9.29 Å². The summed E-state index contributed by atoms with van der Waals surface area (Å²) in [4.78, 5) is 0.300. The fourth-order valence-electron chi connectivity index (χ4n) is 2.73. The summed E-state index contributed by atoms with van der Waals surface area (Å²) in [5.74, 6) is 0.725. The maximum absolute atomic E-state index is 12.7. The largest absolute Gasteiger partial charge is 0.494 e. The molecule has 0 bridgehead atoms. The van der Waals surface area contributed by atoms with Gasteiger partial charge >= 0.3 is 0 Å². The fourth-order valence-corrected chi connectivity index (χ4v) is 4.04. The van der Waals surface area contributed by atoms with Crippen LogP contribution in [0.1, 0.15) is 35.0 Å². The first-order valence-electron chi connectivity index (χ1n) is 8.03. The molecule has 0 unspecified atom stereocenters. The summed E-state index contributed by atoms with van der Waals surface area (Å²) in [7, 11) is -1.60. The molecule has 0 saturated carbocycles. The highest BCUT2D eigenvalue weighted by Crippen LogP contribution is 2.26. The molecule has 0 aliphatic carbocycles. The van der Waals surface area contributed by atoms with Crippen molar-refractivity contribution in [1.29, 1.82) is 0 Å². The molecule has 1 N–H and O–H groups in total. The molecule has 0 spiro atoms. The number of sulfonamides is 1. The third-order valence-electron chi connectivity index (χ3n) is 4.39. The second-order valence-electron chi connectivity index (χ2n) is 6.10. The van der Waals surface area contributed by atoms with Crippen LogP contribution in [0.3, 0.4) is 0 Å². The van der Waals surface area contributed by atoms with Crippen LogP contribution in [0.25, 0.3) is 0 Å². The van der Waals surface area contributed by atoms with Gasteiger partial charge in [0.2, 0.25) is 10.0 Å². The predicted octanol–water partition coefficient (Wildman–Crippen LogP) is 3.14. The Bertz CT molecular complexity index is 852. The van der Waals surface area contributed by atoms with Crippen LogP contribution in [0.2, 0.25) is 0 Å². The van der Waals surface area contributed by atoms with E-state index in [2.05, 4.69) is 9.29 Å². The smallest absolute Gasteiger partial charge is 0.241 e. The molecule has 1 heterocycles. The molecular weight excluding hydrogens is 324 g/mol. The average Bonchev–Trinajstić information content (AvgIpc) is 2.76. The van der Waals surface area contributed by atoms with Crippen LogP contribution < -0.4 is 9.46 Å². The van der Waals surface area contributed by atoms with Gasteiger partial charge in [0.25, 0.3) is 0 Å². The minimum atomic E-state index is -3.58. The molecule has 24 heavy (non-hydrogen) atoms. The molecule has 0 fully saturated rings. The molecule has 1 aromatic carbocycles. The molecule has 132 valence electrons. The van der Waals surface area contributed by atoms with E-state index < -0.39 is 10.0 Å². The summed E-state index contributed by atoms with van der Waals surface area (Å²) in [5, 5.41) is 0. The van der Waals surface area contributed by atoms with E-state index in [0.29, 0.717) is 17.1 Å². The van der Waals surface area contributed by atoms with Crippen molar-refractivity contribution in [3.05, 3.63) is 46.3 Å². The van der Waals surface area contributed by atoms with Gasteiger partial charge in [-0.05, 0) is 69.5 Å². The number of benzene rings is 1. The van der Waals surface area contributed by atoms with E-state index in [0.717, 1.165) is 28.3 Å². The third kappa shape index (κ3) is 3.65. The second kappa shape index (κ2) is 6.99. The van der Waals surface area contributed by atoms with E-state index >= 15 is 0 Å². The monoisotopic (exact) mass is 350 g/mol. The number of rotatable bonds is 6. The SMILES string of the molecule is CCOc1cc(C)c(S(=O)(=O)NCc2cc(C)n(C)c2C)cc1C. The molecule has 0 aliphatic heterocycles. The number of aryl methyl sites for hydroxylation is 3. The Hall–Kier alpha value is -1.79. The number of hydrogen-bond donors (Lipinski definition) is 1. The number of nitrogens with zero attached hydrogens (tertiary/aromatic N) is 1. The lowest BCUT2D eigenvalue weighted by atomic mass is 10.1. The van der Waals surface area contributed by atoms with Gasteiger partial charge in [0, 0.05) is 25.0 Å². The van der Waals surface area contributed by atoms with Crippen molar-refractivity contribution in [3.63, 3.8) is 0 Å². The highest BCUT2D eigenvalue weighted by atomic mass is 32.2. The van der Waals surface area contributed by atoms with E-state index in [1.807, 2.05) is 40.8 Å². The summed E-state index contributed by atoms with van der Waals surface area (Å²) in [6, 6.07) is 5.46. The van der Waals surface area contributed by atoms with Gasteiger partial charge in [-0.2, -0.15) is 0 Å². The molecule has 1 aromatic heterocycles. The lowest BCUT2D eigenvalue weighted by Crippen LogP contribution is -2.24. The molecule has 0 saturated heterocycles. The van der Waals surface area contributed by atoms with Crippen LogP contribution in [0, 0.1) is 27.7 Å². The maximum atomic E-state index is 12.7. The highest BCUT2D eigenvalue weighted by Gasteiger charge is 2.19. The highest BCUT2D eigenvalue weighted by molar-refractivity contribution is 7.89. The normalized spacial score (nSPS) is 11.8. The molecule has 0 aliphatic rings. The van der Waals surface area contributed by atoms with Gasteiger partial charge in [-0.1, -0.05) is 0 Å².